The summed E-state index contributed by atoms with van der Waals surface area (Å²) < 4.78 is 0. The van der Waals surface area contributed by atoms with Crippen LogP contribution in [0.15, 0.2) is 0 Å². The van der Waals surface area contributed by atoms with E-state index in [2.05, 4.69) is 12.2 Å². The van der Waals surface area contributed by atoms with Gasteiger partial charge in [0.15, 0.2) is 5.11 Å². The van der Waals surface area contributed by atoms with Gasteiger partial charge in [0, 0.05) is 13.1 Å². The van der Waals surface area contributed by atoms with E-state index >= 15 is 0 Å². The summed E-state index contributed by atoms with van der Waals surface area (Å²) in [5.74, 6) is 0.599. The van der Waals surface area contributed by atoms with Crippen molar-refractivity contribution < 1.29 is 9.90 Å². The van der Waals surface area contributed by atoms with Gasteiger partial charge in [-0.3, -0.25) is 5.32 Å². The average molecular weight is 202 g/mol. The van der Waals surface area contributed by atoms with E-state index in [0.29, 0.717) is 11.0 Å². The summed E-state index contributed by atoms with van der Waals surface area (Å²) in [5, 5.41) is 11.0. The van der Waals surface area contributed by atoms with Crippen LogP contribution in [0, 0.1) is 5.92 Å². The van der Waals surface area contributed by atoms with Gasteiger partial charge in [0.05, 0.1) is 0 Å². The van der Waals surface area contributed by atoms with Crippen molar-refractivity contribution in [1.29, 1.82) is 0 Å². The molecule has 0 aromatic rings. The third-order valence-corrected chi connectivity index (χ3v) is 2.52. The van der Waals surface area contributed by atoms with Crippen molar-refractivity contribution in [3.05, 3.63) is 0 Å². The lowest BCUT2D eigenvalue weighted by atomic mass is 10.0. The molecule has 0 radical (unpaired) electrons. The molecule has 1 amide bonds. The molecular formula is C8H14N2O2S. The third-order valence-electron chi connectivity index (χ3n) is 2.16. The summed E-state index contributed by atoms with van der Waals surface area (Å²) in [5.41, 5.74) is 0. The molecule has 13 heavy (non-hydrogen) atoms. The minimum absolute atomic E-state index is 0.332. The molecule has 4 nitrogen and oxygen atoms in total. The Balaban J connectivity index is 2.41. The number of carboxylic acid groups (broad SMARTS) is 1. The smallest absolute Gasteiger partial charge is 0.410 e. The van der Waals surface area contributed by atoms with Gasteiger partial charge in [0.25, 0.3) is 0 Å². The molecule has 0 bridgehead atoms. The van der Waals surface area contributed by atoms with Crippen molar-refractivity contribution in [2.75, 3.05) is 13.1 Å². The Morgan fingerprint density at radius 2 is 2.38 bits per heavy atom. The predicted octanol–water partition coefficient (Wildman–Crippen LogP) is 1.27. The molecule has 2 N–H and O–H groups in total. The quantitative estimate of drug-likeness (QED) is 0.581. The molecule has 1 heterocycles. The number of amides is 1. The van der Waals surface area contributed by atoms with Crippen molar-refractivity contribution in [1.82, 2.24) is 10.2 Å². The van der Waals surface area contributed by atoms with Crippen LogP contribution < -0.4 is 5.32 Å². The zero-order valence-electron chi connectivity index (χ0n) is 7.62. The predicted molar refractivity (Wildman–Crippen MR) is 53.7 cm³/mol. The maximum atomic E-state index is 10.3. The fourth-order valence-corrected chi connectivity index (χ4v) is 1.80. The van der Waals surface area contributed by atoms with Gasteiger partial charge in [-0.25, -0.2) is 4.79 Å². The van der Waals surface area contributed by atoms with Crippen LogP contribution in [-0.2, 0) is 0 Å². The van der Waals surface area contributed by atoms with E-state index in [1.54, 1.807) is 0 Å². The Morgan fingerprint density at radius 3 is 2.92 bits per heavy atom. The van der Waals surface area contributed by atoms with Gasteiger partial charge in [-0.1, -0.05) is 6.92 Å². The summed E-state index contributed by atoms with van der Waals surface area (Å²) in [6.45, 7) is 3.87. The molecule has 0 saturated carbocycles. The molecule has 0 aliphatic carbocycles. The van der Waals surface area contributed by atoms with Gasteiger partial charge >= 0.3 is 6.09 Å². The lowest BCUT2D eigenvalue weighted by molar-refractivity contribution is 0.197. The lowest BCUT2D eigenvalue weighted by Gasteiger charge is -2.32. The van der Waals surface area contributed by atoms with E-state index in [9.17, 15) is 4.79 Å². The fourth-order valence-electron chi connectivity index (χ4n) is 1.54. The molecule has 0 unspecified atom stereocenters. The van der Waals surface area contributed by atoms with Crippen molar-refractivity contribution in [3.8, 4) is 0 Å². The van der Waals surface area contributed by atoms with Crippen LogP contribution in [0.4, 0.5) is 4.79 Å². The number of rotatable bonds is 0. The van der Waals surface area contributed by atoms with Crippen LogP contribution in [-0.4, -0.2) is 34.3 Å². The van der Waals surface area contributed by atoms with E-state index in [0.717, 1.165) is 19.5 Å². The van der Waals surface area contributed by atoms with Crippen molar-refractivity contribution in [2.45, 2.75) is 19.8 Å². The second-order valence-electron chi connectivity index (χ2n) is 3.43. The van der Waals surface area contributed by atoms with Crippen LogP contribution in [0.3, 0.4) is 0 Å². The van der Waals surface area contributed by atoms with E-state index in [-0.39, 0.29) is 0 Å². The first-order chi connectivity index (χ1) is 6.09. The number of hydrogen-bond acceptors (Lipinski definition) is 2. The Hall–Kier alpha value is -0.840. The number of thiocarbonyl (C=S) groups is 1. The van der Waals surface area contributed by atoms with Gasteiger partial charge in [0.2, 0.25) is 0 Å². The fraction of sp³-hybridized carbons (Fsp3) is 0.750. The number of hydrogen-bond donors (Lipinski definition) is 2. The molecule has 0 aromatic carbocycles. The standard InChI is InChI=1S/C8H14N2O2S/c1-6-3-2-4-10(5-6)7(13)9-8(11)12/h6H,2-5H2,1H3,(H,9,13)(H,11,12)/t6-/m0/s1. The number of likely N-dealkylation sites (tertiary alicyclic amines) is 1. The Morgan fingerprint density at radius 1 is 1.69 bits per heavy atom. The van der Waals surface area contributed by atoms with Gasteiger partial charge in [0.1, 0.15) is 0 Å². The maximum Gasteiger partial charge on any atom is 0.410 e. The van der Waals surface area contributed by atoms with Crippen LogP contribution >= 0.6 is 12.2 Å². The van der Waals surface area contributed by atoms with E-state index in [1.165, 1.54) is 6.42 Å². The Bertz CT molecular complexity index is 220. The molecule has 1 rings (SSSR count). The summed E-state index contributed by atoms with van der Waals surface area (Å²) in [6, 6.07) is 0. The van der Waals surface area contributed by atoms with Gasteiger partial charge in [-0.05, 0) is 31.0 Å². The van der Waals surface area contributed by atoms with Crippen LogP contribution in [0.2, 0.25) is 0 Å². The summed E-state index contributed by atoms with van der Waals surface area (Å²) in [4.78, 5) is 12.2. The summed E-state index contributed by atoms with van der Waals surface area (Å²) in [6.07, 6.45) is 1.21. The van der Waals surface area contributed by atoms with Crippen molar-refractivity contribution in [3.63, 3.8) is 0 Å². The number of nitrogens with one attached hydrogen (secondary N) is 1. The second-order valence-corrected chi connectivity index (χ2v) is 3.82. The number of piperidine rings is 1. The minimum atomic E-state index is -1.08. The molecule has 0 aromatic heterocycles. The molecule has 1 aliphatic heterocycles. The average Bonchev–Trinajstić information content (AvgIpc) is 2.03. The Labute approximate surface area is 82.9 Å². The molecule has 1 fully saturated rings. The summed E-state index contributed by atoms with van der Waals surface area (Å²) >= 11 is 4.94. The molecule has 5 heteroatoms. The second kappa shape index (κ2) is 4.41. The first-order valence-corrected chi connectivity index (χ1v) is 4.79. The SMILES string of the molecule is C[C@H]1CCCN(C(=S)NC(=O)O)C1. The normalized spacial score (nSPS) is 22.5. The topological polar surface area (TPSA) is 52.6 Å². The Kier molecular flexibility index (Phi) is 3.48. The van der Waals surface area contributed by atoms with Crippen LogP contribution in [0.1, 0.15) is 19.8 Å². The molecule has 1 aliphatic rings. The highest BCUT2D eigenvalue weighted by molar-refractivity contribution is 7.80. The van der Waals surface area contributed by atoms with E-state index in [4.69, 9.17) is 17.3 Å². The molecule has 1 saturated heterocycles. The molecular weight excluding hydrogens is 188 g/mol. The monoisotopic (exact) mass is 202 g/mol. The number of nitrogens with zero attached hydrogens (tertiary/aromatic N) is 1. The van der Waals surface area contributed by atoms with Crippen molar-refractivity contribution >= 4 is 23.4 Å². The summed E-state index contributed by atoms with van der Waals surface area (Å²) in [7, 11) is 0. The highest BCUT2D eigenvalue weighted by Gasteiger charge is 2.19. The number of carbonyl (C=O) groups is 1. The maximum absolute atomic E-state index is 10.3. The third kappa shape index (κ3) is 3.18. The van der Waals surface area contributed by atoms with Crippen molar-refractivity contribution in [2.24, 2.45) is 5.92 Å². The molecule has 0 spiro atoms. The van der Waals surface area contributed by atoms with Gasteiger partial charge in [-0.15, -0.1) is 0 Å². The highest BCUT2D eigenvalue weighted by Crippen LogP contribution is 2.15. The van der Waals surface area contributed by atoms with Gasteiger partial charge in [-0.2, -0.15) is 0 Å². The first kappa shape index (κ1) is 10.2. The van der Waals surface area contributed by atoms with Crippen LogP contribution in [0.5, 0.6) is 0 Å². The van der Waals surface area contributed by atoms with Crippen LogP contribution in [0.25, 0.3) is 0 Å². The van der Waals surface area contributed by atoms with E-state index in [1.807, 2.05) is 4.90 Å². The largest absolute Gasteiger partial charge is 0.465 e. The zero-order chi connectivity index (χ0) is 9.84. The van der Waals surface area contributed by atoms with Gasteiger partial charge < -0.3 is 10.0 Å². The minimum Gasteiger partial charge on any atom is -0.465 e. The zero-order valence-corrected chi connectivity index (χ0v) is 8.43. The van der Waals surface area contributed by atoms with E-state index < -0.39 is 6.09 Å². The highest BCUT2D eigenvalue weighted by atomic mass is 32.1. The molecule has 74 valence electrons. The first-order valence-electron chi connectivity index (χ1n) is 4.38. The lowest BCUT2D eigenvalue weighted by Crippen LogP contribution is -2.46. The molecule has 1 atom stereocenters.